The van der Waals surface area contributed by atoms with Gasteiger partial charge in [0.25, 0.3) is 0 Å². The third kappa shape index (κ3) is 5.73. The summed E-state index contributed by atoms with van der Waals surface area (Å²) in [7, 11) is 1.78. The molecule has 0 amide bonds. The number of nitrogens with zero attached hydrogens (tertiary/aromatic N) is 2. The lowest BCUT2D eigenvalue weighted by Gasteiger charge is -2.61. The SMILES string of the molecule is CCNC(=NCC1CCN(CCOC)CC1)NC1CC(OCC)C12CCC2.I. The number of rotatable bonds is 9. The summed E-state index contributed by atoms with van der Waals surface area (Å²) in [4.78, 5) is 7.46. The summed E-state index contributed by atoms with van der Waals surface area (Å²) in [6.07, 6.45) is 8.00. The highest BCUT2D eigenvalue weighted by Gasteiger charge is 2.59. The summed E-state index contributed by atoms with van der Waals surface area (Å²) < 4.78 is 11.2. The number of methoxy groups -OCH3 is 1. The molecule has 0 radical (unpaired) electrons. The van der Waals surface area contributed by atoms with Crippen LogP contribution in [0.3, 0.4) is 0 Å². The van der Waals surface area contributed by atoms with Gasteiger partial charge in [-0.3, -0.25) is 4.99 Å². The smallest absolute Gasteiger partial charge is 0.191 e. The Labute approximate surface area is 188 Å². The van der Waals surface area contributed by atoms with E-state index in [2.05, 4.69) is 29.4 Å². The van der Waals surface area contributed by atoms with Crippen molar-refractivity contribution in [1.29, 1.82) is 0 Å². The predicted molar refractivity (Wildman–Crippen MR) is 126 cm³/mol. The third-order valence-electron chi connectivity index (χ3n) is 6.92. The second-order valence-corrected chi connectivity index (χ2v) is 8.46. The molecule has 6 nitrogen and oxygen atoms in total. The number of nitrogens with one attached hydrogen (secondary N) is 2. The Morgan fingerprint density at radius 1 is 1.21 bits per heavy atom. The highest BCUT2D eigenvalue weighted by molar-refractivity contribution is 14.0. The van der Waals surface area contributed by atoms with Crippen molar-refractivity contribution in [2.45, 2.75) is 64.5 Å². The Morgan fingerprint density at radius 3 is 2.54 bits per heavy atom. The first-order valence-corrected chi connectivity index (χ1v) is 11.1. The van der Waals surface area contributed by atoms with Crippen molar-refractivity contribution in [1.82, 2.24) is 15.5 Å². The number of hydrogen-bond donors (Lipinski definition) is 2. The minimum atomic E-state index is 0. The fraction of sp³-hybridized carbons (Fsp3) is 0.952. The van der Waals surface area contributed by atoms with Gasteiger partial charge in [-0.1, -0.05) is 6.42 Å². The molecule has 0 aromatic carbocycles. The average molecular weight is 508 g/mol. The summed E-state index contributed by atoms with van der Waals surface area (Å²) >= 11 is 0. The van der Waals surface area contributed by atoms with Gasteiger partial charge in [0, 0.05) is 44.8 Å². The predicted octanol–water partition coefficient (Wildman–Crippen LogP) is 2.87. The maximum Gasteiger partial charge on any atom is 0.191 e. The second kappa shape index (κ2) is 11.9. The van der Waals surface area contributed by atoms with E-state index in [9.17, 15) is 0 Å². The quantitative estimate of drug-likeness (QED) is 0.285. The van der Waals surface area contributed by atoms with E-state index >= 15 is 0 Å². The molecular formula is C21H41IN4O2. The van der Waals surface area contributed by atoms with Gasteiger partial charge in [-0.25, -0.2) is 0 Å². The van der Waals surface area contributed by atoms with Crippen molar-refractivity contribution in [3.8, 4) is 0 Å². The number of piperidine rings is 1. The van der Waals surface area contributed by atoms with Crippen LogP contribution < -0.4 is 10.6 Å². The van der Waals surface area contributed by atoms with E-state index in [1.807, 2.05) is 0 Å². The van der Waals surface area contributed by atoms with Crippen molar-refractivity contribution in [3.63, 3.8) is 0 Å². The molecule has 2 N–H and O–H groups in total. The molecule has 2 atom stereocenters. The molecule has 1 spiro atoms. The fourth-order valence-corrected chi connectivity index (χ4v) is 4.96. The Bertz CT molecular complexity index is 479. The Kier molecular flexibility index (Phi) is 10.3. The first kappa shape index (κ1) is 24.2. The number of likely N-dealkylation sites (tertiary alicyclic amines) is 1. The van der Waals surface area contributed by atoms with Crippen molar-refractivity contribution in [2.75, 3.05) is 53.0 Å². The average Bonchev–Trinajstić information content (AvgIpc) is 2.63. The molecule has 1 heterocycles. The minimum Gasteiger partial charge on any atom is -0.383 e. The molecule has 7 heteroatoms. The van der Waals surface area contributed by atoms with E-state index in [1.54, 1.807) is 7.11 Å². The Balaban J connectivity index is 0.00000280. The Hall–Kier alpha value is -0.120. The lowest BCUT2D eigenvalue weighted by molar-refractivity contribution is -0.168. The molecule has 28 heavy (non-hydrogen) atoms. The zero-order chi connectivity index (χ0) is 19.1. The van der Waals surface area contributed by atoms with Crippen LogP contribution in [-0.2, 0) is 9.47 Å². The fourth-order valence-electron chi connectivity index (χ4n) is 4.96. The number of hydrogen-bond acceptors (Lipinski definition) is 4. The monoisotopic (exact) mass is 508 g/mol. The number of aliphatic imine (C=N–C) groups is 1. The van der Waals surface area contributed by atoms with Crippen LogP contribution in [0.2, 0.25) is 0 Å². The van der Waals surface area contributed by atoms with E-state index in [4.69, 9.17) is 14.5 Å². The molecule has 3 fully saturated rings. The topological polar surface area (TPSA) is 58.1 Å². The van der Waals surface area contributed by atoms with Crippen LogP contribution in [0.1, 0.15) is 52.4 Å². The van der Waals surface area contributed by atoms with Crippen LogP contribution in [0.15, 0.2) is 4.99 Å². The summed E-state index contributed by atoms with van der Waals surface area (Å²) in [5, 5.41) is 7.21. The second-order valence-electron chi connectivity index (χ2n) is 8.46. The van der Waals surface area contributed by atoms with Crippen LogP contribution in [-0.4, -0.2) is 76.1 Å². The summed E-state index contributed by atoms with van der Waals surface area (Å²) in [6, 6.07) is 0.525. The van der Waals surface area contributed by atoms with Gasteiger partial charge in [-0.05, 0) is 65.0 Å². The molecule has 1 aliphatic heterocycles. The van der Waals surface area contributed by atoms with Crippen LogP contribution in [0, 0.1) is 11.3 Å². The van der Waals surface area contributed by atoms with E-state index in [1.165, 1.54) is 45.2 Å². The first-order chi connectivity index (χ1) is 13.2. The van der Waals surface area contributed by atoms with E-state index in [0.717, 1.165) is 45.2 Å². The maximum absolute atomic E-state index is 5.99. The summed E-state index contributed by atoms with van der Waals surface area (Å²) in [5.41, 5.74) is 0.374. The molecular weight excluding hydrogens is 467 g/mol. The van der Waals surface area contributed by atoms with Gasteiger partial charge in [0.2, 0.25) is 0 Å². The lowest BCUT2D eigenvalue weighted by atomic mass is 9.51. The van der Waals surface area contributed by atoms with Gasteiger partial charge < -0.3 is 25.0 Å². The zero-order valence-corrected chi connectivity index (χ0v) is 20.4. The van der Waals surface area contributed by atoms with Crippen LogP contribution in [0.4, 0.5) is 0 Å². The van der Waals surface area contributed by atoms with Crippen molar-refractivity contribution in [2.24, 2.45) is 16.3 Å². The van der Waals surface area contributed by atoms with Gasteiger partial charge in [0.15, 0.2) is 5.96 Å². The largest absolute Gasteiger partial charge is 0.383 e. The molecule has 2 saturated carbocycles. The molecule has 3 aliphatic rings. The van der Waals surface area contributed by atoms with Crippen LogP contribution in [0.5, 0.6) is 0 Å². The number of guanidine groups is 1. The standard InChI is InChI=1S/C21H40N4O2.HI/c1-4-22-20(23-16-17-7-11-25(12-8-17)13-14-26-3)24-18-15-19(27-5-2)21(18)9-6-10-21;/h17-19H,4-16H2,1-3H3,(H2,22,23,24);1H. The van der Waals surface area contributed by atoms with Gasteiger partial charge in [0.1, 0.15) is 0 Å². The third-order valence-corrected chi connectivity index (χ3v) is 6.92. The highest BCUT2D eigenvalue weighted by Crippen LogP contribution is 2.57. The normalized spacial score (nSPS) is 27.6. The van der Waals surface area contributed by atoms with Crippen LogP contribution >= 0.6 is 24.0 Å². The van der Waals surface area contributed by atoms with Crippen molar-refractivity contribution >= 4 is 29.9 Å². The Morgan fingerprint density at radius 2 is 1.96 bits per heavy atom. The number of halogens is 1. The molecule has 3 rings (SSSR count). The van der Waals surface area contributed by atoms with E-state index in [0.29, 0.717) is 23.5 Å². The van der Waals surface area contributed by atoms with Crippen molar-refractivity contribution in [3.05, 3.63) is 0 Å². The molecule has 0 aromatic heterocycles. The first-order valence-electron chi connectivity index (χ1n) is 11.1. The van der Waals surface area contributed by atoms with Crippen molar-refractivity contribution < 1.29 is 9.47 Å². The maximum atomic E-state index is 5.99. The van der Waals surface area contributed by atoms with Gasteiger partial charge in [-0.15, -0.1) is 24.0 Å². The van der Waals surface area contributed by atoms with E-state index < -0.39 is 0 Å². The molecule has 1 saturated heterocycles. The summed E-state index contributed by atoms with van der Waals surface area (Å²) in [5.74, 6) is 1.71. The number of ether oxygens (including phenoxy) is 2. The lowest BCUT2D eigenvalue weighted by Crippen LogP contribution is -2.68. The van der Waals surface area contributed by atoms with Gasteiger partial charge in [0.05, 0.1) is 12.7 Å². The molecule has 0 bridgehead atoms. The highest BCUT2D eigenvalue weighted by atomic mass is 127. The van der Waals surface area contributed by atoms with Crippen LogP contribution in [0.25, 0.3) is 0 Å². The minimum absolute atomic E-state index is 0. The van der Waals surface area contributed by atoms with Gasteiger partial charge in [-0.2, -0.15) is 0 Å². The van der Waals surface area contributed by atoms with Gasteiger partial charge >= 0.3 is 0 Å². The molecule has 2 aliphatic carbocycles. The summed E-state index contributed by atoms with van der Waals surface area (Å²) in [6.45, 7) is 11.2. The molecule has 0 aromatic rings. The zero-order valence-electron chi connectivity index (χ0n) is 18.0. The molecule has 164 valence electrons. The van der Waals surface area contributed by atoms with E-state index in [-0.39, 0.29) is 24.0 Å². The molecule has 2 unspecified atom stereocenters.